The van der Waals surface area contributed by atoms with Crippen molar-refractivity contribution in [3.63, 3.8) is 0 Å². The maximum atomic E-state index is 10.6. The summed E-state index contributed by atoms with van der Waals surface area (Å²) in [4.78, 5) is 0. The molecule has 0 bridgehead atoms. The van der Waals surface area contributed by atoms with E-state index in [1.54, 1.807) is 0 Å². The molecule has 0 amide bonds. The van der Waals surface area contributed by atoms with Crippen molar-refractivity contribution in [2.45, 2.75) is 0 Å². The molecule has 0 spiro atoms. The van der Waals surface area contributed by atoms with Crippen LogP contribution in [0.15, 0.2) is 12.0 Å². The van der Waals surface area contributed by atoms with Gasteiger partial charge in [-0.15, -0.1) is 0 Å². The minimum atomic E-state index is -2.19. The normalized spacial score (nSPS) is 13.7. The van der Waals surface area contributed by atoms with Crippen LogP contribution >= 0.6 is 0 Å². The van der Waals surface area contributed by atoms with E-state index in [4.69, 9.17) is 10.2 Å². The second kappa shape index (κ2) is 1.59. The lowest BCUT2D eigenvalue weighted by molar-refractivity contribution is 0.179. The second-order valence-corrected chi connectivity index (χ2v) is 0.582. The Morgan fingerprint density at radius 1 is 1.00 bits per heavy atom. The summed E-state index contributed by atoms with van der Waals surface area (Å²) >= 11 is 0. The molecular weight excluding hydrogens is 94.0 g/mol. The molecule has 0 fully saturated rings. The number of aliphatic hydroxyl groups is 2. The molecule has 0 radical (unpaired) electrons. The van der Waals surface area contributed by atoms with E-state index in [2.05, 4.69) is 0 Å². The summed E-state index contributed by atoms with van der Waals surface area (Å²) in [7, 11) is 0. The molecule has 0 heterocycles. The summed E-state index contributed by atoms with van der Waals surface area (Å²) in [6, 6.07) is -4.37. The maximum absolute atomic E-state index is 10.6. The third kappa shape index (κ3) is 1.51. The molecule has 0 saturated heterocycles. The summed E-state index contributed by atoms with van der Waals surface area (Å²) in [5.74, 6) is 0. The van der Waals surface area contributed by atoms with E-state index in [1.165, 1.54) is 0 Å². The number of hydrogen-bond donors (Lipinski definition) is 2. The van der Waals surface area contributed by atoms with Crippen LogP contribution in [0.1, 0.15) is 0 Å². The van der Waals surface area contributed by atoms with Crippen LogP contribution in [0.3, 0.4) is 0 Å². The van der Waals surface area contributed by atoms with Gasteiger partial charge in [-0.2, -0.15) is 8.78 Å². The summed E-state index contributed by atoms with van der Waals surface area (Å²) in [5, 5.41) is 14.4. The van der Waals surface area contributed by atoms with E-state index < -0.39 is 12.0 Å². The van der Waals surface area contributed by atoms with Gasteiger partial charge in [0.2, 0.25) is 0 Å². The highest BCUT2D eigenvalue weighted by Gasteiger charge is 1.94. The average molecular weight is 96.0 g/mol. The fourth-order valence-electron chi connectivity index (χ4n) is 0. The van der Waals surface area contributed by atoms with Crippen LogP contribution in [-0.4, -0.2) is 10.2 Å². The van der Waals surface area contributed by atoms with E-state index in [0.29, 0.717) is 0 Å². The molecule has 0 unspecified atom stereocenters. The van der Waals surface area contributed by atoms with E-state index in [0.717, 1.165) is 0 Å². The van der Waals surface area contributed by atoms with Crippen molar-refractivity contribution in [2.24, 2.45) is 0 Å². The summed E-state index contributed by atoms with van der Waals surface area (Å²) < 4.78 is 21.3. The van der Waals surface area contributed by atoms with Gasteiger partial charge in [-0.05, 0) is 0 Å². The average Bonchev–Trinajstić information content (AvgIpc) is 1.36. The molecule has 4 heteroatoms. The monoisotopic (exact) mass is 96.0 g/mol. The highest BCUT2D eigenvalue weighted by atomic mass is 19.2. The summed E-state index contributed by atoms with van der Waals surface area (Å²) in [5.41, 5.74) is 0. The smallest absolute Gasteiger partial charge is 0.344 e. The lowest BCUT2D eigenvalue weighted by atomic mass is 11.0. The Hall–Kier alpha value is -0.800. The lowest BCUT2D eigenvalue weighted by Gasteiger charge is -1.76. The van der Waals surface area contributed by atoms with E-state index >= 15 is 0 Å². The maximum Gasteiger partial charge on any atom is 0.344 e. The Morgan fingerprint density at radius 2 is 1.17 bits per heavy atom. The third-order valence-electron chi connectivity index (χ3n) is 0.170. The molecule has 0 aromatic heterocycles. The molecule has 0 atom stereocenters. The molecule has 0 aliphatic carbocycles. The number of rotatable bonds is 0. The largest absolute Gasteiger partial charge is 0.482 e. The van der Waals surface area contributed by atoms with E-state index in [1.807, 2.05) is 0 Å². The first kappa shape index (κ1) is 5.20. The van der Waals surface area contributed by atoms with Gasteiger partial charge in [0.25, 0.3) is 0 Å². The Morgan fingerprint density at radius 3 is 1.17 bits per heavy atom. The molecule has 2 nitrogen and oxygen atoms in total. The van der Waals surface area contributed by atoms with Crippen molar-refractivity contribution in [3.8, 4) is 0 Å². The van der Waals surface area contributed by atoms with Crippen LogP contribution in [0.4, 0.5) is 8.78 Å². The third-order valence-corrected chi connectivity index (χ3v) is 0.170. The first-order valence-electron chi connectivity index (χ1n) is 1.08. The highest BCUT2D eigenvalue weighted by Crippen LogP contribution is 1.96. The molecule has 0 aromatic carbocycles. The number of hydrogen-bond acceptors (Lipinski definition) is 2. The van der Waals surface area contributed by atoms with Crippen molar-refractivity contribution in [1.29, 1.82) is 0 Å². The minimum Gasteiger partial charge on any atom is -0.482 e. The molecule has 36 valence electrons. The second-order valence-electron chi connectivity index (χ2n) is 0.582. The zero-order chi connectivity index (χ0) is 5.15. The Bertz CT molecular complexity index is 59.6. The SMILES string of the molecule is O/C(F)=C(\O)F. The topological polar surface area (TPSA) is 40.5 Å². The fourth-order valence-corrected chi connectivity index (χ4v) is 0. The predicted octanol–water partition coefficient (Wildman–Crippen LogP) is 1.17. The Kier molecular flexibility index (Phi) is 1.38. The van der Waals surface area contributed by atoms with Crippen molar-refractivity contribution in [2.75, 3.05) is 0 Å². The zero-order valence-electron chi connectivity index (χ0n) is 2.65. The fraction of sp³-hybridized carbons (Fsp3) is 0. The molecule has 0 aliphatic rings. The van der Waals surface area contributed by atoms with Gasteiger partial charge in [-0.1, -0.05) is 0 Å². The van der Waals surface area contributed by atoms with Crippen LogP contribution in [0.5, 0.6) is 0 Å². The van der Waals surface area contributed by atoms with Gasteiger partial charge in [0.05, 0.1) is 0 Å². The Balaban J connectivity index is 3.68. The standard InChI is InChI=1S/C2H2F2O2/c3-1(5)2(4)6/h5-6H/b2-1-. The van der Waals surface area contributed by atoms with Crippen molar-refractivity contribution >= 4 is 0 Å². The van der Waals surface area contributed by atoms with Crippen LogP contribution in [0.25, 0.3) is 0 Å². The van der Waals surface area contributed by atoms with Gasteiger partial charge in [-0.25, -0.2) is 0 Å². The minimum absolute atomic E-state index is 2.19. The van der Waals surface area contributed by atoms with Gasteiger partial charge in [0.15, 0.2) is 0 Å². The number of halogens is 2. The summed E-state index contributed by atoms with van der Waals surface area (Å²) in [6.07, 6.45) is 0. The summed E-state index contributed by atoms with van der Waals surface area (Å²) in [6.45, 7) is 0. The first-order valence-corrected chi connectivity index (χ1v) is 1.08. The number of aliphatic hydroxyl groups excluding tert-OH is 2. The highest BCUT2D eigenvalue weighted by molar-refractivity contribution is 4.75. The van der Waals surface area contributed by atoms with Gasteiger partial charge in [-0.3, -0.25) is 0 Å². The Labute approximate surface area is 32.3 Å². The van der Waals surface area contributed by atoms with Crippen molar-refractivity contribution in [3.05, 3.63) is 12.0 Å². The molecule has 0 saturated carbocycles. The van der Waals surface area contributed by atoms with Gasteiger partial charge in [0, 0.05) is 0 Å². The quantitative estimate of drug-likeness (QED) is 0.444. The van der Waals surface area contributed by atoms with Gasteiger partial charge < -0.3 is 10.2 Å². The van der Waals surface area contributed by atoms with Crippen molar-refractivity contribution < 1.29 is 19.0 Å². The first-order chi connectivity index (χ1) is 2.64. The molecular formula is C2H2F2O2. The lowest BCUT2D eigenvalue weighted by Crippen LogP contribution is -1.72. The van der Waals surface area contributed by atoms with Gasteiger partial charge in [0.1, 0.15) is 0 Å². The molecule has 0 aliphatic heterocycles. The molecule has 2 N–H and O–H groups in total. The van der Waals surface area contributed by atoms with Crippen molar-refractivity contribution in [1.82, 2.24) is 0 Å². The van der Waals surface area contributed by atoms with Gasteiger partial charge >= 0.3 is 12.0 Å². The molecule has 0 aromatic rings. The van der Waals surface area contributed by atoms with Crippen LogP contribution < -0.4 is 0 Å². The van der Waals surface area contributed by atoms with Crippen LogP contribution in [0.2, 0.25) is 0 Å². The van der Waals surface area contributed by atoms with E-state index in [-0.39, 0.29) is 0 Å². The molecule has 0 rings (SSSR count). The zero-order valence-corrected chi connectivity index (χ0v) is 2.65. The van der Waals surface area contributed by atoms with Crippen LogP contribution in [-0.2, 0) is 0 Å². The molecule has 6 heavy (non-hydrogen) atoms. The van der Waals surface area contributed by atoms with E-state index in [9.17, 15) is 8.78 Å². The van der Waals surface area contributed by atoms with Crippen LogP contribution in [0, 0.1) is 0 Å². The predicted molar refractivity (Wildman–Crippen MR) is 14.5 cm³/mol.